The first-order chi connectivity index (χ1) is 10.6. The zero-order valence-corrected chi connectivity index (χ0v) is 13.2. The van der Waals surface area contributed by atoms with Crippen LogP contribution in [0.4, 0.5) is 0 Å². The maximum Gasteiger partial charge on any atom is 0.287 e. The van der Waals surface area contributed by atoms with Crippen molar-refractivity contribution in [2.45, 2.75) is 35.8 Å². The Morgan fingerprint density at radius 2 is 2.36 bits per heavy atom. The molecular weight excluding hydrogens is 302 g/mol. The maximum atomic E-state index is 12.0. The molecule has 118 valence electrons. The van der Waals surface area contributed by atoms with Crippen LogP contribution in [0.15, 0.2) is 34.1 Å². The number of imidazole rings is 1. The van der Waals surface area contributed by atoms with Crippen LogP contribution in [0.5, 0.6) is 0 Å². The third-order valence-corrected chi connectivity index (χ3v) is 4.95. The summed E-state index contributed by atoms with van der Waals surface area (Å²) in [7, 11) is 1.93. The van der Waals surface area contributed by atoms with E-state index in [2.05, 4.69) is 10.3 Å². The van der Waals surface area contributed by atoms with Gasteiger partial charge in [0.05, 0.1) is 11.4 Å². The van der Waals surface area contributed by atoms with Crippen molar-refractivity contribution in [3.63, 3.8) is 0 Å². The molecule has 22 heavy (non-hydrogen) atoms. The van der Waals surface area contributed by atoms with Crippen LogP contribution in [-0.4, -0.2) is 32.7 Å². The van der Waals surface area contributed by atoms with Crippen molar-refractivity contribution in [1.82, 2.24) is 14.9 Å². The SMILES string of the molecule is Cn1ccnc1SCc1ccc(C(=O)NCC2(O)CCC2)o1. The number of hydrogen-bond acceptors (Lipinski definition) is 5. The Hall–Kier alpha value is -1.73. The second-order valence-electron chi connectivity index (χ2n) is 5.64. The molecule has 2 N–H and O–H groups in total. The van der Waals surface area contributed by atoms with E-state index < -0.39 is 5.60 Å². The van der Waals surface area contributed by atoms with Crippen molar-refractivity contribution in [2.75, 3.05) is 6.54 Å². The van der Waals surface area contributed by atoms with E-state index >= 15 is 0 Å². The fourth-order valence-corrected chi connectivity index (χ4v) is 3.12. The number of carbonyl (C=O) groups excluding carboxylic acids is 1. The number of furan rings is 1. The highest BCUT2D eigenvalue weighted by molar-refractivity contribution is 7.98. The molecule has 0 atom stereocenters. The summed E-state index contributed by atoms with van der Waals surface area (Å²) in [5, 5.41) is 13.6. The van der Waals surface area contributed by atoms with Crippen LogP contribution in [-0.2, 0) is 12.8 Å². The molecule has 7 heteroatoms. The van der Waals surface area contributed by atoms with Crippen LogP contribution in [0, 0.1) is 0 Å². The standard InChI is InChI=1S/C15H19N3O3S/c1-18-8-7-16-14(18)22-9-11-3-4-12(21-11)13(19)17-10-15(20)5-2-6-15/h3-4,7-8,20H,2,5-6,9-10H2,1H3,(H,17,19). The maximum absolute atomic E-state index is 12.0. The normalized spacial score (nSPS) is 16.3. The van der Waals surface area contributed by atoms with Gasteiger partial charge in [0, 0.05) is 26.0 Å². The Morgan fingerprint density at radius 1 is 1.55 bits per heavy atom. The number of nitrogens with one attached hydrogen (secondary N) is 1. The Morgan fingerprint density at radius 3 is 3.00 bits per heavy atom. The largest absolute Gasteiger partial charge is 0.455 e. The average molecular weight is 321 g/mol. The van der Waals surface area contributed by atoms with E-state index in [0.717, 1.165) is 30.2 Å². The smallest absolute Gasteiger partial charge is 0.287 e. The number of amides is 1. The third-order valence-electron chi connectivity index (χ3n) is 3.87. The quantitative estimate of drug-likeness (QED) is 0.795. The summed E-state index contributed by atoms with van der Waals surface area (Å²) in [6, 6.07) is 3.46. The van der Waals surface area contributed by atoms with Gasteiger partial charge in [0.15, 0.2) is 10.9 Å². The second kappa shape index (κ2) is 6.18. The molecule has 3 rings (SSSR count). The monoisotopic (exact) mass is 321 g/mol. The van der Waals surface area contributed by atoms with Gasteiger partial charge in [-0.2, -0.15) is 0 Å². The van der Waals surface area contributed by atoms with E-state index in [0.29, 0.717) is 5.75 Å². The van der Waals surface area contributed by atoms with Gasteiger partial charge in [0.1, 0.15) is 5.76 Å². The van der Waals surface area contributed by atoms with Crippen molar-refractivity contribution < 1.29 is 14.3 Å². The molecule has 2 aromatic rings. The molecular formula is C15H19N3O3S. The van der Waals surface area contributed by atoms with E-state index in [1.807, 2.05) is 17.8 Å². The highest BCUT2D eigenvalue weighted by atomic mass is 32.2. The Labute approximate surface area is 132 Å². The molecule has 2 aromatic heterocycles. The topological polar surface area (TPSA) is 80.3 Å². The number of rotatable bonds is 6. The van der Waals surface area contributed by atoms with Crippen molar-refractivity contribution in [3.8, 4) is 0 Å². The Balaban J connectivity index is 1.52. The molecule has 0 bridgehead atoms. The minimum atomic E-state index is -0.723. The number of aryl methyl sites for hydroxylation is 1. The zero-order valence-electron chi connectivity index (χ0n) is 12.4. The van der Waals surface area contributed by atoms with E-state index in [4.69, 9.17) is 4.42 Å². The molecule has 0 saturated heterocycles. The lowest BCUT2D eigenvalue weighted by Crippen LogP contribution is -2.47. The summed E-state index contributed by atoms with van der Waals surface area (Å²) in [6.45, 7) is 0.282. The van der Waals surface area contributed by atoms with Crippen molar-refractivity contribution in [1.29, 1.82) is 0 Å². The summed E-state index contributed by atoms with van der Waals surface area (Å²) >= 11 is 1.55. The lowest BCUT2D eigenvalue weighted by Gasteiger charge is -2.36. The van der Waals surface area contributed by atoms with Crippen molar-refractivity contribution in [3.05, 3.63) is 36.0 Å². The lowest BCUT2D eigenvalue weighted by atomic mass is 9.80. The summed E-state index contributed by atoms with van der Waals surface area (Å²) in [5.41, 5.74) is -0.723. The number of hydrogen-bond donors (Lipinski definition) is 2. The molecule has 1 saturated carbocycles. The average Bonchev–Trinajstić information content (AvgIpc) is 3.09. The van der Waals surface area contributed by atoms with Gasteiger partial charge in [0.2, 0.25) is 0 Å². The molecule has 1 fully saturated rings. The van der Waals surface area contributed by atoms with Gasteiger partial charge < -0.3 is 19.4 Å². The zero-order chi connectivity index (χ0) is 15.6. The molecule has 0 radical (unpaired) electrons. The van der Waals surface area contributed by atoms with Crippen molar-refractivity contribution >= 4 is 17.7 Å². The Kier molecular flexibility index (Phi) is 4.26. The summed E-state index contributed by atoms with van der Waals surface area (Å²) in [5.74, 6) is 1.33. The van der Waals surface area contributed by atoms with Crippen molar-refractivity contribution in [2.24, 2.45) is 7.05 Å². The molecule has 0 aromatic carbocycles. The van der Waals surface area contributed by atoms with E-state index in [-0.39, 0.29) is 18.2 Å². The van der Waals surface area contributed by atoms with Crippen LogP contribution in [0.3, 0.4) is 0 Å². The van der Waals surface area contributed by atoms with Gasteiger partial charge in [-0.3, -0.25) is 4.79 Å². The van der Waals surface area contributed by atoms with Gasteiger partial charge in [-0.25, -0.2) is 4.98 Å². The molecule has 1 aliphatic rings. The molecule has 0 aliphatic heterocycles. The number of aromatic nitrogens is 2. The van der Waals surface area contributed by atoms with Crippen LogP contribution in [0.1, 0.15) is 35.6 Å². The van der Waals surface area contributed by atoms with Gasteiger partial charge >= 0.3 is 0 Å². The number of aliphatic hydroxyl groups is 1. The number of nitrogens with zero attached hydrogens (tertiary/aromatic N) is 2. The minimum Gasteiger partial charge on any atom is -0.455 e. The van der Waals surface area contributed by atoms with E-state index in [1.54, 1.807) is 30.1 Å². The fourth-order valence-electron chi connectivity index (χ4n) is 2.30. The third kappa shape index (κ3) is 3.36. The molecule has 1 amide bonds. The second-order valence-corrected chi connectivity index (χ2v) is 6.58. The lowest BCUT2D eigenvalue weighted by molar-refractivity contribution is -0.0302. The first-order valence-electron chi connectivity index (χ1n) is 7.25. The van der Waals surface area contributed by atoms with Crippen LogP contribution >= 0.6 is 11.8 Å². The predicted octanol–water partition coefficient (Wildman–Crippen LogP) is 1.95. The minimum absolute atomic E-state index is 0.276. The van der Waals surface area contributed by atoms with E-state index in [1.165, 1.54) is 0 Å². The molecule has 6 nitrogen and oxygen atoms in total. The van der Waals surface area contributed by atoms with Crippen LogP contribution < -0.4 is 5.32 Å². The number of thioether (sulfide) groups is 1. The summed E-state index contributed by atoms with van der Waals surface area (Å²) in [4.78, 5) is 16.2. The van der Waals surface area contributed by atoms with Gasteiger partial charge in [-0.1, -0.05) is 11.8 Å². The van der Waals surface area contributed by atoms with Crippen LogP contribution in [0.2, 0.25) is 0 Å². The predicted molar refractivity (Wildman–Crippen MR) is 82.6 cm³/mol. The molecule has 2 heterocycles. The highest BCUT2D eigenvalue weighted by Crippen LogP contribution is 2.30. The summed E-state index contributed by atoms with van der Waals surface area (Å²) < 4.78 is 7.48. The molecule has 0 unspecified atom stereocenters. The molecule has 1 aliphatic carbocycles. The molecule has 0 spiro atoms. The van der Waals surface area contributed by atoms with Gasteiger partial charge in [-0.05, 0) is 31.4 Å². The first-order valence-corrected chi connectivity index (χ1v) is 8.24. The van der Waals surface area contributed by atoms with Gasteiger partial charge in [-0.15, -0.1) is 0 Å². The van der Waals surface area contributed by atoms with Gasteiger partial charge in [0.25, 0.3) is 5.91 Å². The Bertz CT molecular complexity index is 661. The first kappa shape index (κ1) is 15.2. The fraction of sp³-hybridized carbons (Fsp3) is 0.467. The highest BCUT2D eigenvalue weighted by Gasteiger charge is 2.34. The number of carbonyl (C=O) groups is 1. The summed E-state index contributed by atoms with van der Waals surface area (Å²) in [6.07, 6.45) is 6.14. The van der Waals surface area contributed by atoms with Crippen LogP contribution in [0.25, 0.3) is 0 Å². The van der Waals surface area contributed by atoms with E-state index in [9.17, 15) is 9.90 Å².